The molecule has 7 aromatic rings. The molecule has 0 saturated carbocycles. The topological polar surface area (TPSA) is 6.48 Å². The molecule has 382 valence electrons. The lowest BCUT2D eigenvalue weighted by Gasteiger charge is -2.31. The maximum Gasteiger partial charge on any atom is 0.0538 e. The Hall–Kier alpha value is -8.60. The summed E-state index contributed by atoms with van der Waals surface area (Å²) in [5.74, 6) is 0.609. The Balaban J connectivity index is 0.000000172. The number of hydrogen-bond acceptors (Lipinski definition) is 2. The minimum absolute atomic E-state index is 0.306. The van der Waals surface area contributed by atoms with E-state index < -0.39 is 0 Å². The molecule has 0 aliphatic heterocycles. The third kappa shape index (κ3) is 17.5. The van der Waals surface area contributed by atoms with Crippen LogP contribution in [0.15, 0.2) is 266 Å². The lowest BCUT2D eigenvalue weighted by atomic mass is 9.96. The van der Waals surface area contributed by atoms with Crippen molar-refractivity contribution in [3.8, 4) is 12.8 Å². The van der Waals surface area contributed by atoms with Gasteiger partial charge in [-0.05, 0) is 157 Å². The highest BCUT2D eigenvalue weighted by atomic mass is 15.2. The van der Waals surface area contributed by atoms with Gasteiger partial charge in [0.2, 0.25) is 0 Å². The van der Waals surface area contributed by atoms with Crippen LogP contribution in [0.4, 0.5) is 11.4 Å². The van der Waals surface area contributed by atoms with Crippen molar-refractivity contribution in [1.82, 2.24) is 0 Å². The molecule has 2 unspecified atom stereocenters. The molecule has 0 aromatic heterocycles. The third-order valence-electron chi connectivity index (χ3n) is 13.2. The van der Waals surface area contributed by atoms with E-state index in [0.29, 0.717) is 12.0 Å². The standard InChI is InChI=1S/C24H23N.C23H27N.C18H16.C7H8.C2H2/c1-19-12-15-23(16-13-19)25(22-10-4-2-3-5-11-22)24-17-14-20-8-6-7-9-21(20)18-24;1-5-6-13-20(3)24(23-15-8-7-9-16-23)21(4)17-18-22-14-11-10-12-19(22)2;1-14-6-8-15(9-7-14)12-16-10-11-17-4-2-3-5-18(17)13-16;1-7-5-3-2-4-6-7;1-2/h2-4,6,8,10-12,14-19H,7,9,13H2,1H3;6-16,18,21H,2-3,5,17H2,1,4H3;2-11,13H,12H2,1H3;2-6H,1H3;1-2H/b;13-6-,22-18-;;;. The number of fused-ring (bicyclic) bond motifs is 2. The molecule has 3 aliphatic carbocycles. The summed E-state index contributed by atoms with van der Waals surface area (Å²) in [6.07, 6.45) is 42.5. The molecule has 0 heterocycles. The lowest BCUT2D eigenvalue weighted by molar-refractivity contribution is 0.721. The summed E-state index contributed by atoms with van der Waals surface area (Å²) in [5.41, 5.74) is 17.2. The molecule has 10 rings (SSSR count). The molecule has 0 radical (unpaired) electrons. The molecular weight excluding hydrogens is 917 g/mol. The van der Waals surface area contributed by atoms with E-state index >= 15 is 0 Å². The first-order valence-electron chi connectivity index (χ1n) is 26.7. The van der Waals surface area contributed by atoms with E-state index in [1.807, 2.05) is 48.6 Å². The number of nitrogens with zero attached hydrogens (tertiary/aromatic N) is 2. The van der Waals surface area contributed by atoms with Crippen LogP contribution in [0, 0.1) is 32.6 Å². The van der Waals surface area contributed by atoms with E-state index in [4.69, 9.17) is 0 Å². The predicted octanol–water partition coefficient (Wildman–Crippen LogP) is 17.7. The summed E-state index contributed by atoms with van der Waals surface area (Å²) in [6.45, 7) is 19.2. The van der Waals surface area contributed by atoms with Gasteiger partial charge in [-0.15, -0.1) is 18.6 Å². The van der Waals surface area contributed by atoms with Gasteiger partial charge in [0.15, 0.2) is 0 Å². The molecule has 76 heavy (non-hydrogen) atoms. The summed E-state index contributed by atoms with van der Waals surface area (Å²) in [6, 6.07) is 60.1. The van der Waals surface area contributed by atoms with Gasteiger partial charge < -0.3 is 9.80 Å². The van der Waals surface area contributed by atoms with Crippen molar-refractivity contribution in [3.63, 3.8) is 0 Å². The highest BCUT2D eigenvalue weighted by molar-refractivity contribution is 5.83. The second kappa shape index (κ2) is 30.6. The molecule has 0 bridgehead atoms. The fourth-order valence-corrected chi connectivity index (χ4v) is 9.06. The van der Waals surface area contributed by atoms with Crippen LogP contribution < -0.4 is 20.2 Å². The maximum atomic E-state index is 4.28. The van der Waals surface area contributed by atoms with Crippen LogP contribution in [0.2, 0.25) is 0 Å². The van der Waals surface area contributed by atoms with Gasteiger partial charge in [-0.2, -0.15) is 0 Å². The van der Waals surface area contributed by atoms with Crippen molar-refractivity contribution in [2.24, 2.45) is 5.92 Å². The number of rotatable bonds is 12. The Bertz CT molecular complexity index is 3350. The largest absolute Gasteiger partial charge is 0.339 e. The molecule has 2 nitrogen and oxygen atoms in total. The number of hydrogen-bond donors (Lipinski definition) is 0. The van der Waals surface area contributed by atoms with E-state index in [1.54, 1.807) is 0 Å². The molecule has 7 aromatic carbocycles. The van der Waals surface area contributed by atoms with Crippen molar-refractivity contribution in [2.75, 3.05) is 9.80 Å². The van der Waals surface area contributed by atoms with Gasteiger partial charge in [0.25, 0.3) is 0 Å². The number of anilines is 2. The predicted molar refractivity (Wildman–Crippen MR) is 333 cm³/mol. The van der Waals surface area contributed by atoms with Crippen LogP contribution in [-0.2, 0) is 12.8 Å². The van der Waals surface area contributed by atoms with Crippen molar-refractivity contribution in [2.45, 2.75) is 79.2 Å². The van der Waals surface area contributed by atoms with Gasteiger partial charge in [-0.3, -0.25) is 0 Å². The molecule has 3 aliphatic rings. The number of para-hydroxylation sites is 1. The molecule has 0 spiro atoms. The van der Waals surface area contributed by atoms with Crippen LogP contribution in [0.1, 0.15) is 79.8 Å². The third-order valence-corrected chi connectivity index (χ3v) is 13.2. The normalized spacial score (nSPS) is 14.4. The van der Waals surface area contributed by atoms with Crippen molar-refractivity contribution < 1.29 is 0 Å². The average Bonchev–Trinajstić information content (AvgIpc) is 3.75. The zero-order valence-corrected chi connectivity index (χ0v) is 45.5. The smallest absolute Gasteiger partial charge is 0.0538 e. The Kier molecular flexibility index (Phi) is 22.8. The van der Waals surface area contributed by atoms with Gasteiger partial charge in [0.05, 0.1) is 5.70 Å². The van der Waals surface area contributed by atoms with Crippen LogP contribution in [0.5, 0.6) is 0 Å². The highest BCUT2D eigenvalue weighted by Gasteiger charge is 2.19. The Labute approximate surface area is 456 Å². The first-order valence-corrected chi connectivity index (χ1v) is 26.7. The summed E-state index contributed by atoms with van der Waals surface area (Å²) < 4.78 is 0. The quantitative estimate of drug-likeness (QED) is 0.0684. The lowest BCUT2D eigenvalue weighted by Crippen LogP contribution is -2.32. The van der Waals surface area contributed by atoms with Crippen molar-refractivity contribution in [1.29, 1.82) is 0 Å². The fourth-order valence-electron chi connectivity index (χ4n) is 9.06. The van der Waals surface area contributed by atoms with Gasteiger partial charge in [0, 0.05) is 34.9 Å². The molecule has 2 heteroatoms. The maximum absolute atomic E-state index is 4.28. The highest BCUT2D eigenvalue weighted by Crippen LogP contribution is 2.33. The van der Waals surface area contributed by atoms with Crippen LogP contribution >= 0.6 is 0 Å². The van der Waals surface area contributed by atoms with Gasteiger partial charge in [0.1, 0.15) is 0 Å². The number of terminal acetylenes is 1. The summed E-state index contributed by atoms with van der Waals surface area (Å²) in [4.78, 5) is 4.64. The van der Waals surface area contributed by atoms with Crippen LogP contribution in [-0.4, -0.2) is 6.04 Å². The van der Waals surface area contributed by atoms with Crippen LogP contribution in [0.3, 0.4) is 0 Å². The molecule has 0 fully saturated rings. The number of aryl methyl sites for hydroxylation is 3. The second-order valence-electron chi connectivity index (χ2n) is 19.3. The Morgan fingerprint density at radius 3 is 2.11 bits per heavy atom. The van der Waals surface area contributed by atoms with Crippen LogP contribution in [0.25, 0.3) is 29.5 Å². The van der Waals surface area contributed by atoms with E-state index in [0.717, 1.165) is 55.1 Å². The number of allylic oxidation sites excluding steroid dienone is 10. The second-order valence-corrected chi connectivity index (χ2v) is 19.3. The number of benzene rings is 7. The van der Waals surface area contributed by atoms with Crippen molar-refractivity contribution in [3.05, 3.63) is 310 Å². The molecular formula is C74H76N2. The molecule has 2 atom stereocenters. The van der Waals surface area contributed by atoms with E-state index in [2.05, 4.69) is 276 Å². The summed E-state index contributed by atoms with van der Waals surface area (Å²) in [7, 11) is 0. The van der Waals surface area contributed by atoms with Crippen molar-refractivity contribution >= 4 is 40.9 Å². The summed E-state index contributed by atoms with van der Waals surface area (Å²) in [5, 5.41) is 4.90. The minimum Gasteiger partial charge on any atom is -0.339 e. The first kappa shape index (κ1) is 56.7. The fraction of sp³-hybridized carbons (Fsp3) is 0.176. The Morgan fingerprint density at radius 1 is 0.724 bits per heavy atom. The Morgan fingerprint density at radius 2 is 1.41 bits per heavy atom. The zero-order valence-electron chi connectivity index (χ0n) is 45.5. The minimum atomic E-state index is 0.306. The molecule has 0 N–H and O–H groups in total. The molecule has 0 saturated heterocycles. The monoisotopic (exact) mass is 993 g/mol. The van der Waals surface area contributed by atoms with E-state index in [9.17, 15) is 0 Å². The van der Waals surface area contributed by atoms with E-state index in [-0.39, 0.29) is 0 Å². The van der Waals surface area contributed by atoms with Gasteiger partial charge >= 0.3 is 0 Å². The molecule has 0 amide bonds. The zero-order chi connectivity index (χ0) is 53.9. The van der Waals surface area contributed by atoms with E-state index in [1.165, 1.54) is 66.4 Å². The SMILES string of the molecule is C#C.C=C(/C=C\CC)N(c1ccccc1)C(C)C/C=c1/ccccc1=C.CC1C=CC(N(C2=CC=CC=C=C2)c2ccc3c(c2)CCC=C3)=CC1.Cc1ccc(Cc2ccc3ccccc3c2)cc1.Cc1ccccc1. The van der Waals surface area contributed by atoms with Gasteiger partial charge in [-0.25, -0.2) is 0 Å². The summed E-state index contributed by atoms with van der Waals surface area (Å²) >= 11 is 0. The average molecular weight is 993 g/mol. The first-order chi connectivity index (χ1) is 37.1. The van der Waals surface area contributed by atoms with Gasteiger partial charge in [-0.1, -0.05) is 232 Å².